The minimum atomic E-state index is -2.33. The number of carbonyl (C=O) groups is 4. The highest BCUT2D eigenvalue weighted by Gasteiger charge is 2.40. The van der Waals surface area contributed by atoms with Crippen molar-refractivity contribution in [1.29, 1.82) is 0 Å². The lowest BCUT2D eigenvalue weighted by Gasteiger charge is -2.19. The van der Waals surface area contributed by atoms with Crippen LogP contribution in [0.1, 0.15) is 11.1 Å². The van der Waals surface area contributed by atoms with Gasteiger partial charge in [-0.05, 0) is 47.5 Å². The predicted molar refractivity (Wildman–Crippen MR) is 132 cm³/mol. The molecule has 0 saturated heterocycles. The number of ether oxygens (including phenoxy) is 6. The molecule has 2 rings (SSSR count). The zero-order chi connectivity index (χ0) is 28.2. The van der Waals surface area contributed by atoms with Crippen LogP contribution < -0.4 is 18.9 Å². The summed E-state index contributed by atoms with van der Waals surface area (Å²) in [6, 6.07) is 9.44. The van der Waals surface area contributed by atoms with Gasteiger partial charge in [0.15, 0.2) is 23.0 Å². The largest absolute Gasteiger partial charge is 0.493 e. The van der Waals surface area contributed by atoms with Gasteiger partial charge in [-0.15, -0.1) is 0 Å². The average molecular weight is 530 g/mol. The Morgan fingerprint density at radius 3 is 1.24 bits per heavy atom. The lowest BCUT2D eigenvalue weighted by Crippen LogP contribution is -2.45. The van der Waals surface area contributed by atoms with Crippen LogP contribution in [0.5, 0.6) is 23.0 Å². The Bertz CT molecular complexity index is 1140. The van der Waals surface area contributed by atoms with Crippen molar-refractivity contribution >= 4 is 36.0 Å². The van der Waals surface area contributed by atoms with E-state index in [1.807, 2.05) is 0 Å². The number of carboxylic acids is 2. The highest BCUT2D eigenvalue weighted by molar-refractivity contribution is 5.93. The third-order valence-corrected chi connectivity index (χ3v) is 4.89. The van der Waals surface area contributed by atoms with E-state index >= 15 is 0 Å². The molecule has 0 saturated carbocycles. The van der Waals surface area contributed by atoms with E-state index in [1.165, 1.54) is 40.6 Å². The van der Waals surface area contributed by atoms with E-state index in [0.717, 1.165) is 12.2 Å². The molecule has 12 heteroatoms. The molecule has 2 atom stereocenters. The van der Waals surface area contributed by atoms with Gasteiger partial charge in [0.25, 0.3) is 0 Å². The maximum Gasteiger partial charge on any atom is 0.349 e. The summed E-state index contributed by atoms with van der Waals surface area (Å²) in [4.78, 5) is 47.8. The first-order chi connectivity index (χ1) is 18.1. The number of rotatable bonds is 13. The maximum atomic E-state index is 12.2. The van der Waals surface area contributed by atoms with Crippen LogP contribution in [0.25, 0.3) is 12.2 Å². The van der Waals surface area contributed by atoms with E-state index in [0.29, 0.717) is 34.1 Å². The summed E-state index contributed by atoms with van der Waals surface area (Å²) in [6.07, 6.45) is -0.306. The van der Waals surface area contributed by atoms with Crippen molar-refractivity contribution in [1.82, 2.24) is 0 Å². The van der Waals surface area contributed by atoms with E-state index in [2.05, 4.69) is 0 Å². The fourth-order valence-electron chi connectivity index (χ4n) is 3.05. The van der Waals surface area contributed by atoms with Gasteiger partial charge < -0.3 is 38.6 Å². The number of carboxylic acid groups (broad SMARTS) is 2. The van der Waals surface area contributed by atoms with Crippen molar-refractivity contribution in [3.05, 3.63) is 59.7 Å². The van der Waals surface area contributed by atoms with Crippen molar-refractivity contribution in [3.63, 3.8) is 0 Å². The van der Waals surface area contributed by atoms with Gasteiger partial charge in [-0.25, -0.2) is 19.2 Å². The molecule has 0 aliphatic rings. The summed E-state index contributed by atoms with van der Waals surface area (Å²) < 4.78 is 30.1. The molecule has 0 aromatic heterocycles. The molecule has 0 radical (unpaired) electrons. The number of carbonyl (C=O) groups excluding carboxylic acids is 2. The fraction of sp³-hybridized carbons (Fsp3) is 0.231. The third kappa shape index (κ3) is 8.01. The molecule has 2 N–H and O–H groups in total. The van der Waals surface area contributed by atoms with Gasteiger partial charge in [-0.2, -0.15) is 0 Å². The Labute approximate surface area is 217 Å². The molecule has 202 valence electrons. The summed E-state index contributed by atoms with van der Waals surface area (Å²) >= 11 is 0. The molecule has 0 spiro atoms. The van der Waals surface area contributed by atoms with E-state index in [9.17, 15) is 29.4 Å². The average Bonchev–Trinajstić information content (AvgIpc) is 2.91. The van der Waals surface area contributed by atoms with Crippen LogP contribution in [0.4, 0.5) is 0 Å². The quantitative estimate of drug-likeness (QED) is 0.287. The monoisotopic (exact) mass is 530 g/mol. The standard InChI is InChI=1S/C26H26O12/c1-33-17-9-5-15(13-19(17)35-3)7-11-21(27)37-23(25(29)30)24(26(31)32)38-22(28)12-8-16-6-10-18(34-2)20(14-16)36-4/h5-14,23-24H,1-4H3,(H,29,30)(H,31,32)/b11-7+,12-8+/t23-,24+. The number of hydrogen-bond acceptors (Lipinski definition) is 10. The number of methoxy groups -OCH3 is 4. The highest BCUT2D eigenvalue weighted by Crippen LogP contribution is 2.29. The second-order valence-corrected chi connectivity index (χ2v) is 7.29. The summed E-state index contributed by atoms with van der Waals surface area (Å²) in [7, 11) is 5.75. The van der Waals surface area contributed by atoms with E-state index in [1.54, 1.807) is 36.4 Å². The van der Waals surface area contributed by atoms with Gasteiger partial charge in [-0.3, -0.25) is 0 Å². The summed E-state index contributed by atoms with van der Waals surface area (Å²) in [5, 5.41) is 18.9. The Morgan fingerprint density at radius 1 is 0.605 bits per heavy atom. The number of hydrogen-bond donors (Lipinski definition) is 2. The molecule has 0 unspecified atom stereocenters. The van der Waals surface area contributed by atoms with Gasteiger partial charge in [0, 0.05) is 12.2 Å². The molecular formula is C26H26O12. The summed E-state index contributed by atoms with van der Waals surface area (Å²) in [5.41, 5.74) is 0.959. The minimum Gasteiger partial charge on any atom is -0.493 e. The summed E-state index contributed by atoms with van der Waals surface area (Å²) in [6.45, 7) is 0. The van der Waals surface area contributed by atoms with E-state index in [-0.39, 0.29) is 0 Å². The van der Waals surface area contributed by atoms with Crippen molar-refractivity contribution in [2.45, 2.75) is 12.2 Å². The lowest BCUT2D eigenvalue weighted by atomic mass is 10.1. The predicted octanol–water partition coefficient (Wildman–Crippen LogP) is 2.44. The van der Waals surface area contributed by atoms with Crippen molar-refractivity contribution in [3.8, 4) is 23.0 Å². The molecule has 38 heavy (non-hydrogen) atoms. The SMILES string of the molecule is COc1ccc(/C=C/C(=O)O[C@H](C(=O)O)[C@@H](OC(=O)/C=C/c2ccc(OC)c(OC)c2)C(=O)O)cc1OC. The Kier molecular flexibility index (Phi) is 10.7. The number of benzene rings is 2. The van der Waals surface area contributed by atoms with Gasteiger partial charge in [-0.1, -0.05) is 12.1 Å². The van der Waals surface area contributed by atoms with Crippen LogP contribution in [0.3, 0.4) is 0 Å². The van der Waals surface area contributed by atoms with Gasteiger partial charge in [0.05, 0.1) is 28.4 Å². The fourth-order valence-corrected chi connectivity index (χ4v) is 3.05. The van der Waals surface area contributed by atoms with Crippen LogP contribution >= 0.6 is 0 Å². The Balaban J connectivity index is 2.13. The van der Waals surface area contributed by atoms with Crippen LogP contribution in [0.2, 0.25) is 0 Å². The number of aliphatic carboxylic acids is 2. The number of esters is 2. The molecule has 2 aromatic rings. The second kappa shape index (κ2) is 13.9. The zero-order valence-electron chi connectivity index (χ0n) is 20.9. The van der Waals surface area contributed by atoms with Crippen molar-refractivity contribution < 1.29 is 57.8 Å². The molecule has 0 amide bonds. The van der Waals surface area contributed by atoms with Crippen LogP contribution in [-0.2, 0) is 28.7 Å². The first-order valence-corrected chi connectivity index (χ1v) is 10.8. The van der Waals surface area contributed by atoms with Crippen LogP contribution in [-0.4, -0.2) is 74.7 Å². The van der Waals surface area contributed by atoms with Gasteiger partial charge in [0.2, 0.25) is 12.2 Å². The van der Waals surface area contributed by atoms with Crippen molar-refractivity contribution in [2.75, 3.05) is 28.4 Å². The molecule has 0 aliphatic carbocycles. The van der Waals surface area contributed by atoms with Crippen LogP contribution in [0, 0.1) is 0 Å². The first kappa shape index (κ1) is 29.2. The van der Waals surface area contributed by atoms with Gasteiger partial charge >= 0.3 is 23.9 Å². The van der Waals surface area contributed by atoms with E-state index in [4.69, 9.17) is 28.4 Å². The molecule has 12 nitrogen and oxygen atoms in total. The zero-order valence-corrected chi connectivity index (χ0v) is 20.9. The normalized spacial score (nSPS) is 12.4. The first-order valence-electron chi connectivity index (χ1n) is 10.8. The highest BCUT2D eigenvalue weighted by atomic mass is 16.6. The Hall–Kier alpha value is -5.00. The summed E-state index contributed by atoms with van der Waals surface area (Å²) in [5.74, 6) is -4.38. The molecule has 0 aliphatic heterocycles. The smallest absolute Gasteiger partial charge is 0.349 e. The molecule has 2 aromatic carbocycles. The maximum absolute atomic E-state index is 12.2. The third-order valence-electron chi connectivity index (χ3n) is 4.89. The lowest BCUT2D eigenvalue weighted by molar-refractivity contribution is -0.183. The molecule has 0 fully saturated rings. The van der Waals surface area contributed by atoms with E-state index < -0.39 is 36.1 Å². The molecular weight excluding hydrogens is 504 g/mol. The topological polar surface area (TPSA) is 164 Å². The van der Waals surface area contributed by atoms with Crippen LogP contribution in [0.15, 0.2) is 48.6 Å². The molecule has 0 bridgehead atoms. The minimum absolute atomic E-state index is 0.380. The second-order valence-electron chi connectivity index (χ2n) is 7.29. The Morgan fingerprint density at radius 2 is 0.947 bits per heavy atom. The molecule has 0 heterocycles. The van der Waals surface area contributed by atoms with Gasteiger partial charge in [0.1, 0.15) is 0 Å². The van der Waals surface area contributed by atoms with Crippen molar-refractivity contribution in [2.24, 2.45) is 0 Å².